The molecule has 0 aromatic rings. The number of rotatable bonds is 6. The fourth-order valence-corrected chi connectivity index (χ4v) is 2.53. The summed E-state index contributed by atoms with van der Waals surface area (Å²) in [7, 11) is 1.54. The number of carbonyl (C=O) groups is 3. The molecule has 7 heteroatoms. The molecule has 0 spiro atoms. The highest BCUT2D eigenvalue weighted by Crippen LogP contribution is 2.24. The maximum atomic E-state index is 12.2. The SMILES string of the molecule is CCCN(CC(=O)NC)C(=O)NC1CCC(C(=O)O)CC1. The number of carboxylic acid groups (broad SMARTS) is 1. The van der Waals surface area contributed by atoms with Crippen molar-refractivity contribution in [3.8, 4) is 0 Å². The first-order valence-electron chi connectivity index (χ1n) is 7.46. The lowest BCUT2D eigenvalue weighted by molar-refractivity contribution is -0.142. The quantitative estimate of drug-likeness (QED) is 0.675. The van der Waals surface area contributed by atoms with Gasteiger partial charge in [0.2, 0.25) is 5.91 Å². The molecule has 1 saturated carbocycles. The Kier molecular flexibility index (Phi) is 6.98. The van der Waals surface area contributed by atoms with Gasteiger partial charge in [-0.3, -0.25) is 9.59 Å². The summed E-state index contributed by atoms with van der Waals surface area (Å²) in [5.41, 5.74) is 0. The van der Waals surface area contributed by atoms with Crippen LogP contribution in [0.1, 0.15) is 39.0 Å². The molecule has 21 heavy (non-hydrogen) atoms. The molecule has 0 saturated heterocycles. The van der Waals surface area contributed by atoms with E-state index in [0.717, 1.165) is 6.42 Å². The van der Waals surface area contributed by atoms with E-state index in [1.165, 1.54) is 11.9 Å². The second kappa shape index (κ2) is 8.49. The normalized spacial score (nSPS) is 21.4. The van der Waals surface area contributed by atoms with Crippen LogP contribution in [0, 0.1) is 5.92 Å². The third-order valence-electron chi connectivity index (χ3n) is 3.80. The number of aliphatic carboxylic acids is 1. The first-order chi connectivity index (χ1) is 9.97. The first kappa shape index (κ1) is 17.3. The summed E-state index contributed by atoms with van der Waals surface area (Å²) >= 11 is 0. The average molecular weight is 299 g/mol. The van der Waals surface area contributed by atoms with Gasteiger partial charge in [-0.2, -0.15) is 0 Å². The molecule has 7 nitrogen and oxygen atoms in total. The molecule has 1 rings (SSSR count). The van der Waals surface area contributed by atoms with E-state index in [9.17, 15) is 14.4 Å². The number of nitrogens with one attached hydrogen (secondary N) is 2. The lowest BCUT2D eigenvalue weighted by Gasteiger charge is -2.29. The summed E-state index contributed by atoms with van der Waals surface area (Å²) < 4.78 is 0. The predicted molar refractivity (Wildman–Crippen MR) is 77.8 cm³/mol. The molecular formula is C14H25N3O4. The van der Waals surface area contributed by atoms with Crippen molar-refractivity contribution in [3.63, 3.8) is 0 Å². The molecule has 0 radical (unpaired) electrons. The fourth-order valence-electron chi connectivity index (χ4n) is 2.53. The molecule has 120 valence electrons. The number of carboxylic acids is 1. The van der Waals surface area contributed by atoms with Crippen LogP contribution in [0.3, 0.4) is 0 Å². The second-order valence-electron chi connectivity index (χ2n) is 5.43. The van der Waals surface area contributed by atoms with Gasteiger partial charge < -0.3 is 20.6 Å². The number of hydrogen-bond acceptors (Lipinski definition) is 3. The van der Waals surface area contributed by atoms with Crippen molar-refractivity contribution in [2.45, 2.75) is 45.1 Å². The molecule has 0 aromatic carbocycles. The van der Waals surface area contributed by atoms with Crippen molar-refractivity contribution < 1.29 is 19.5 Å². The minimum absolute atomic E-state index is 0.00264. The van der Waals surface area contributed by atoms with Gasteiger partial charge in [-0.25, -0.2) is 4.79 Å². The summed E-state index contributed by atoms with van der Waals surface area (Å²) in [4.78, 5) is 36.0. The molecule has 0 unspecified atom stereocenters. The zero-order valence-electron chi connectivity index (χ0n) is 12.7. The van der Waals surface area contributed by atoms with Crippen molar-refractivity contribution in [2.75, 3.05) is 20.1 Å². The van der Waals surface area contributed by atoms with E-state index < -0.39 is 5.97 Å². The average Bonchev–Trinajstić information content (AvgIpc) is 2.47. The number of amides is 3. The number of urea groups is 1. The van der Waals surface area contributed by atoms with Crippen LogP contribution in [0.15, 0.2) is 0 Å². The van der Waals surface area contributed by atoms with Gasteiger partial charge in [-0.05, 0) is 32.1 Å². The van der Waals surface area contributed by atoms with Gasteiger partial charge in [-0.1, -0.05) is 6.92 Å². The van der Waals surface area contributed by atoms with Crippen LogP contribution in [-0.4, -0.2) is 54.1 Å². The molecule has 0 aromatic heterocycles. The molecule has 1 aliphatic carbocycles. The first-order valence-corrected chi connectivity index (χ1v) is 7.46. The maximum Gasteiger partial charge on any atom is 0.318 e. The molecule has 3 amide bonds. The lowest BCUT2D eigenvalue weighted by Crippen LogP contribution is -2.49. The van der Waals surface area contributed by atoms with E-state index in [4.69, 9.17) is 5.11 Å². The van der Waals surface area contributed by atoms with Crippen LogP contribution in [0.5, 0.6) is 0 Å². The molecular weight excluding hydrogens is 274 g/mol. The number of carbonyl (C=O) groups excluding carboxylic acids is 2. The zero-order chi connectivity index (χ0) is 15.8. The molecule has 0 heterocycles. The Morgan fingerprint density at radius 1 is 1.19 bits per heavy atom. The summed E-state index contributed by atoms with van der Waals surface area (Å²) in [6.07, 6.45) is 3.29. The van der Waals surface area contributed by atoms with Crippen LogP contribution >= 0.6 is 0 Å². The van der Waals surface area contributed by atoms with Gasteiger partial charge >= 0.3 is 12.0 Å². The standard InChI is InChI=1S/C14H25N3O4/c1-3-8-17(9-12(18)15-2)14(21)16-11-6-4-10(5-7-11)13(19)20/h10-11H,3-9H2,1-2H3,(H,15,18)(H,16,21)(H,19,20). The van der Waals surface area contributed by atoms with Crippen LogP contribution in [-0.2, 0) is 9.59 Å². The summed E-state index contributed by atoms with van der Waals surface area (Å²) in [6.45, 7) is 2.51. The molecule has 0 aliphatic heterocycles. The Bertz CT molecular complexity index is 378. The van der Waals surface area contributed by atoms with Crippen LogP contribution in [0.2, 0.25) is 0 Å². The van der Waals surface area contributed by atoms with Gasteiger partial charge in [0.1, 0.15) is 6.54 Å². The molecule has 3 N–H and O–H groups in total. The summed E-state index contributed by atoms with van der Waals surface area (Å²) in [6, 6.07) is -0.253. The topological polar surface area (TPSA) is 98.7 Å². The highest BCUT2D eigenvalue weighted by atomic mass is 16.4. The fraction of sp³-hybridized carbons (Fsp3) is 0.786. The smallest absolute Gasteiger partial charge is 0.318 e. The summed E-state index contributed by atoms with van der Waals surface area (Å²) in [5, 5.41) is 14.4. The van der Waals surface area contributed by atoms with Gasteiger partial charge in [-0.15, -0.1) is 0 Å². The number of nitrogens with zero attached hydrogens (tertiary/aromatic N) is 1. The Balaban J connectivity index is 2.46. The monoisotopic (exact) mass is 299 g/mol. The van der Waals surface area contributed by atoms with Gasteiger partial charge in [0.25, 0.3) is 0 Å². The van der Waals surface area contributed by atoms with E-state index in [1.807, 2.05) is 6.92 Å². The van der Waals surface area contributed by atoms with Crippen LogP contribution in [0.25, 0.3) is 0 Å². The Hall–Kier alpha value is -1.79. The highest BCUT2D eigenvalue weighted by molar-refractivity contribution is 5.84. The Morgan fingerprint density at radius 2 is 1.81 bits per heavy atom. The predicted octanol–water partition coefficient (Wildman–Crippen LogP) is 0.797. The maximum absolute atomic E-state index is 12.2. The van der Waals surface area contributed by atoms with Crippen molar-refractivity contribution in [2.24, 2.45) is 5.92 Å². The van der Waals surface area contributed by atoms with Crippen molar-refractivity contribution in [3.05, 3.63) is 0 Å². The van der Waals surface area contributed by atoms with E-state index in [0.29, 0.717) is 32.2 Å². The third kappa shape index (κ3) is 5.61. The minimum atomic E-state index is -0.757. The zero-order valence-corrected chi connectivity index (χ0v) is 12.7. The molecule has 0 atom stereocenters. The number of hydrogen-bond donors (Lipinski definition) is 3. The second-order valence-corrected chi connectivity index (χ2v) is 5.43. The van der Waals surface area contributed by atoms with E-state index in [-0.39, 0.29) is 30.4 Å². The van der Waals surface area contributed by atoms with Crippen molar-refractivity contribution in [1.82, 2.24) is 15.5 Å². The van der Waals surface area contributed by atoms with Crippen molar-refractivity contribution >= 4 is 17.9 Å². The minimum Gasteiger partial charge on any atom is -0.481 e. The van der Waals surface area contributed by atoms with Gasteiger partial charge in [0, 0.05) is 19.6 Å². The van der Waals surface area contributed by atoms with Crippen LogP contribution in [0.4, 0.5) is 4.79 Å². The largest absolute Gasteiger partial charge is 0.481 e. The van der Waals surface area contributed by atoms with E-state index >= 15 is 0 Å². The van der Waals surface area contributed by atoms with Gasteiger partial charge in [0.05, 0.1) is 5.92 Å². The van der Waals surface area contributed by atoms with Crippen LogP contribution < -0.4 is 10.6 Å². The Morgan fingerprint density at radius 3 is 2.29 bits per heavy atom. The summed E-state index contributed by atoms with van der Waals surface area (Å²) in [5.74, 6) is -1.25. The lowest BCUT2D eigenvalue weighted by atomic mass is 9.86. The van der Waals surface area contributed by atoms with Gasteiger partial charge in [0.15, 0.2) is 0 Å². The molecule has 1 aliphatic rings. The Labute approximate surface area is 125 Å². The van der Waals surface area contributed by atoms with E-state index in [1.54, 1.807) is 0 Å². The molecule has 1 fully saturated rings. The third-order valence-corrected chi connectivity index (χ3v) is 3.80. The van der Waals surface area contributed by atoms with Crippen molar-refractivity contribution in [1.29, 1.82) is 0 Å². The molecule has 0 bridgehead atoms. The number of likely N-dealkylation sites (N-methyl/N-ethyl adjacent to an activating group) is 1. The highest BCUT2D eigenvalue weighted by Gasteiger charge is 2.27. The van der Waals surface area contributed by atoms with E-state index in [2.05, 4.69) is 10.6 Å².